The lowest BCUT2D eigenvalue weighted by Gasteiger charge is -2.26. The van der Waals surface area contributed by atoms with E-state index in [1.165, 1.54) is 20.3 Å². The zero-order valence-electron chi connectivity index (χ0n) is 13.9. The van der Waals surface area contributed by atoms with Gasteiger partial charge in [-0.05, 0) is 24.3 Å². The molecule has 1 N–H and O–H groups in total. The Labute approximate surface area is 150 Å². The van der Waals surface area contributed by atoms with Crippen molar-refractivity contribution in [1.82, 2.24) is 5.32 Å². The van der Waals surface area contributed by atoms with Gasteiger partial charge in [-0.15, -0.1) is 0 Å². The molecule has 0 unspecified atom stereocenters. The number of amides is 1. The van der Waals surface area contributed by atoms with Crippen LogP contribution in [-0.4, -0.2) is 39.4 Å². The van der Waals surface area contributed by atoms with Gasteiger partial charge in [0.05, 0.1) is 25.8 Å². The van der Waals surface area contributed by atoms with Crippen LogP contribution in [0.1, 0.15) is 10.4 Å². The molecule has 0 aliphatic carbocycles. The molecule has 3 rings (SSSR count). The fraction of sp³-hybridized carbons (Fsp3) is 0.278. The highest BCUT2D eigenvalue weighted by atomic mass is 35.5. The zero-order valence-corrected chi connectivity index (χ0v) is 14.6. The first-order valence-corrected chi connectivity index (χ1v) is 8.08. The van der Waals surface area contributed by atoms with E-state index < -0.39 is 0 Å². The quantitative estimate of drug-likeness (QED) is 0.884. The third kappa shape index (κ3) is 3.74. The molecule has 25 heavy (non-hydrogen) atoms. The standard InChI is InChI=1S/C18H18ClNO5/c1-22-16-8-11(7-13(19)17(16)23-2)18(21)20-9-12-10-24-14-5-3-4-6-15(14)25-12/h3-8,12H,9-10H2,1-2H3,(H,20,21)/t12-/m1/s1. The van der Waals surface area contributed by atoms with Gasteiger partial charge in [-0.3, -0.25) is 4.79 Å². The summed E-state index contributed by atoms with van der Waals surface area (Å²) in [6.45, 7) is 0.670. The lowest BCUT2D eigenvalue weighted by Crippen LogP contribution is -2.40. The normalized spacial score (nSPS) is 15.4. The van der Waals surface area contributed by atoms with Crippen LogP contribution < -0.4 is 24.3 Å². The fourth-order valence-electron chi connectivity index (χ4n) is 2.52. The molecule has 2 aromatic rings. The topological polar surface area (TPSA) is 66.0 Å². The first-order valence-electron chi connectivity index (χ1n) is 7.70. The summed E-state index contributed by atoms with van der Waals surface area (Å²) in [5.74, 6) is 1.87. The molecule has 0 bridgehead atoms. The minimum Gasteiger partial charge on any atom is -0.493 e. The van der Waals surface area contributed by atoms with Crippen molar-refractivity contribution < 1.29 is 23.7 Å². The highest BCUT2D eigenvalue weighted by Gasteiger charge is 2.22. The van der Waals surface area contributed by atoms with E-state index in [-0.39, 0.29) is 12.0 Å². The minimum absolute atomic E-state index is 0.269. The molecule has 1 atom stereocenters. The minimum atomic E-state index is -0.287. The number of halogens is 1. The molecule has 1 heterocycles. The van der Waals surface area contributed by atoms with E-state index in [0.29, 0.717) is 46.7 Å². The van der Waals surface area contributed by atoms with Crippen LogP contribution in [0.15, 0.2) is 36.4 Å². The number of rotatable bonds is 5. The van der Waals surface area contributed by atoms with Crippen molar-refractivity contribution in [3.05, 3.63) is 47.0 Å². The summed E-state index contributed by atoms with van der Waals surface area (Å²) >= 11 is 6.13. The Morgan fingerprint density at radius 1 is 1.24 bits per heavy atom. The van der Waals surface area contributed by atoms with Gasteiger partial charge in [0.15, 0.2) is 23.0 Å². The summed E-state index contributed by atoms with van der Waals surface area (Å²) in [5, 5.41) is 3.12. The third-order valence-corrected chi connectivity index (χ3v) is 4.03. The molecule has 0 spiro atoms. The number of ether oxygens (including phenoxy) is 4. The summed E-state index contributed by atoms with van der Waals surface area (Å²) in [7, 11) is 2.97. The van der Waals surface area contributed by atoms with Crippen molar-refractivity contribution in [3.8, 4) is 23.0 Å². The molecule has 1 aliphatic heterocycles. The lowest BCUT2D eigenvalue weighted by molar-refractivity contribution is 0.0789. The van der Waals surface area contributed by atoms with Crippen LogP contribution in [0.4, 0.5) is 0 Å². The molecular weight excluding hydrogens is 346 g/mol. The second-order valence-electron chi connectivity index (χ2n) is 5.40. The number of methoxy groups -OCH3 is 2. The van der Waals surface area contributed by atoms with Crippen molar-refractivity contribution in [2.45, 2.75) is 6.10 Å². The molecule has 2 aromatic carbocycles. The Morgan fingerprint density at radius 2 is 2.00 bits per heavy atom. The number of hydrogen-bond donors (Lipinski definition) is 1. The van der Waals surface area contributed by atoms with Gasteiger partial charge in [0.25, 0.3) is 5.91 Å². The fourth-order valence-corrected chi connectivity index (χ4v) is 2.81. The zero-order chi connectivity index (χ0) is 17.8. The van der Waals surface area contributed by atoms with E-state index in [4.69, 9.17) is 30.5 Å². The smallest absolute Gasteiger partial charge is 0.251 e. The molecule has 0 saturated heterocycles. The van der Waals surface area contributed by atoms with Crippen molar-refractivity contribution >= 4 is 17.5 Å². The Bertz CT molecular complexity index is 780. The van der Waals surface area contributed by atoms with Gasteiger partial charge < -0.3 is 24.3 Å². The molecule has 0 aromatic heterocycles. The first kappa shape index (κ1) is 17.2. The number of carbonyl (C=O) groups excluding carboxylic acids is 1. The van der Waals surface area contributed by atoms with Crippen molar-refractivity contribution in [2.24, 2.45) is 0 Å². The molecule has 0 radical (unpaired) electrons. The summed E-state index contributed by atoms with van der Waals surface area (Å²) in [6, 6.07) is 10.5. The predicted molar refractivity (Wildman–Crippen MR) is 93.2 cm³/mol. The monoisotopic (exact) mass is 363 g/mol. The molecule has 1 aliphatic rings. The highest BCUT2D eigenvalue weighted by molar-refractivity contribution is 6.32. The van der Waals surface area contributed by atoms with E-state index in [1.807, 2.05) is 24.3 Å². The number of fused-ring (bicyclic) bond motifs is 1. The number of nitrogens with one attached hydrogen (secondary N) is 1. The summed E-state index contributed by atoms with van der Waals surface area (Å²) in [4.78, 5) is 12.4. The van der Waals surface area contributed by atoms with Crippen molar-refractivity contribution in [1.29, 1.82) is 0 Å². The van der Waals surface area contributed by atoms with Crippen LogP contribution in [0.5, 0.6) is 23.0 Å². The number of benzene rings is 2. The number of hydrogen-bond acceptors (Lipinski definition) is 5. The number of carbonyl (C=O) groups is 1. The molecule has 0 fully saturated rings. The molecule has 6 nitrogen and oxygen atoms in total. The Morgan fingerprint density at radius 3 is 2.72 bits per heavy atom. The molecule has 0 saturated carbocycles. The SMILES string of the molecule is COc1cc(C(=O)NC[C@@H]2COc3ccccc3O2)cc(Cl)c1OC. The lowest BCUT2D eigenvalue weighted by atomic mass is 10.1. The second kappa shape index (κ2) is 7.53. The molecule has 1 amide bonds. The predicted octanol–water partition coefficient (Wildman–Crippen LogP) is 2.93. The van der Waals surface area contributed by atoms with E-state index in [9.17, 15) is 4.79 Å². The van der Waals surface area contributed by atoms with E-state index in [1.54, 1.807) is 6.07 Å². The van der Waals surface area contributed by atoms with Gasteiger partial charge in [0, 0.05) is 5.56 Å². The summed E-state index contributed by atoms with van der Waals surface area (Å²) < 4.78 is 21.8. The van der Waals surface area contributed by atoms with Crippen LogP contribution in [0.2, 0.25) is 5.02 Å². The maximum Gasteiger partial charge on any atom is 0.251 e. The van der Waals surface area contributed by atoms with Gasteiger partial charge in [-0.2, -0.15) is 0 Å². The number of para-hydroxylation sites is 2. The van der Waals surface area contributed by atoms with E-state index in [0.717, 1.165) is 0 Å². The van der Waals surface area contributed by atoms with Gasteiger partial charge in [-0.25, -0.2) is 0 Å². The van der Waals surface area contributed by atoms with Crippen LogP contribution >= 0.6 is 11.6 Å². The van der Waals surface area contributed by atoms with Crippen LogP contribution in [0.3, 0.4) is 0 Å². The van der Waals surface area contributed by atoms with Gasteiger partial charge >= 0.3 is 0 Å². The first-order chi connectivity index (χ1) is 12.1. The Kier molecular flexibility index (Phi) is 5.19. The maximum absolute atomic E-state index is 12.4. The maximum atomic E-state index is 12.4. The van der Waals surface area contributed by atoms with Crippen LogP contribution in [-0.2, 0) is 0 Å². The van der Waals surface area contributed by atoms with Gasteiger partial charge in [-0.1, -0.05) is 23.7 Å². The molecule has 132 valence electrons. The summed E-state index contributed by atoms with van der Waals surface area (Å²) in [5.41, 5.74) is 0.375. The third-order valence-electron chi connectivity index (χ3n) is 3.75. The second-order valence-corrected chi connectivity index (χ2v) is 5.81. The Balaban J connectivity index is 1.65. The van der Waals surface area contributed by atoms with Crippen LogP contribution in [0, 0.1) is 0 Å². The average molecular weight is 364 g/mol. The Hall–Kier alpha value is -2.60. The van der Waals surface area contributed by atoms with Crippen molar-refractivity contribution in [3.63, 3.8) is 0 Å². The van der Waals surface area contributed by atoms with E-state index >= 15 is 0 Å². The molecular formula is C18H18ClNO5. The largest absolute Gasteiger partial charge is 0.493 e. The van der Waals surface area contributed by atoms with Gasteiger partial charge in [0.2, 0.25) is 0 Å². The van der Waals surface area contributed by atoms with Crippen molar-refractivity contribution in [2.75, 3.05) is 27.4 Å². The molecule has 7 heteroatoms. The van der Waals surface area contributed by atoms with Gasteiger partial charge in [0.1, 0.15) is 12.7 Å². The van der Waals surface area contributed by atoms with E-state index in [2.05, 4.69) is 5.32 Å². The highest BCUT2D eigenvalue weighted by Crippen LogP contribution is 2.36. The summed E-state index contributed by atoms with van der Waals surface area (Å²) in [6.07, 6.45) is -0.269. The van der Waals surface area contributed by atoms with Crippen LogP contribution in [0.25, 0.3) is 0 Å². The average Bonchev–Trinajstić information content (AvgIpc) is 2.65.